The Hall–Kier alpha value is -1.62. The van der Waals surface area contributed by atoms with E-state index in [0.717, 1.165) is 38.3 Å². The zero-order chi connectivity index (χ0) is 15.2. The van der Waals surface area contributed by atoms with Gasteiger partial charge in [-0.25, -0.2) is 4.98 Å². The Kier molecular flexibility index (Phi) is 5.56. The van der Waals surface area contributed by atoms with Gasteiger partial charge in [-0.1, -0.05) is 6.07 Å². The molecule has 1 amide bonds. The highest BCUT2D eigenvalue weighted by atomic mass is 16.2. The molecule has 0 bridgehead atoms. The number of amides is 1. The summed E-state index contributed by atoms with van der Waals surface area (Å²) in [5, 5.41) is 3.47. The molecule has 1 aliphatic rings. The predicted octanol–water partition coefficient (Wildman–Crippen LogP) is 1.51. The monoisotopic (exact) mass is 290 g/mol. The van der Waals surface area contributed by atoms with E-state index in [1.807, 2.05) is 39.2 Å². The third-order valence-corrected chi connectivity index (χ3v) is 4.17. The lowest BCUT2D eigenvalue weighted by molar-refractivity contribution is -0.131. The minimum absolute atomic E-state index is 0.110. The van der Waals surface area contributed by atoms with Crippen LogP contribution in [0.2, 0.25) is 0 Å². The molecule has 1 unspecified atom stereocenters. The fourth-order valence-electron chi connectivity index (χ4n) is 2.73. The third-order valence-electron chi connectivity index (χ3n) is 4.17. The molecule has 1 atom stereocenters. The molecule has 2 rings (SSSR count). The average Bonchev–Trinajstić information content (AvgIpc) is 2.54. The second-order valence-electron chi connectivity index (χ2n) is 5.69. The van der Waals surface area contributed by atoms with Gasteiger partial charge < -0.3 is 15.1 Å². The van der Waals surface area contributed by atoms with Gasteiger partial charge in [0, 0.05) is 38.9 Å². The molecule has 1 fully saturated rings. The largest absolute Gasteiger partial charge is 0.357 e. The Labute approximate surface area is 127 Å². The number of aromatic nitrogens is 1. The van der Waals surface area contributed by atoms with Gasteiger partial charge >= 0.3 is 0 Å². The smallest absolute Gasteiger partial charge is 0.239 e. The minimum atomic E-state index is -0.110. The van der Waals surface area contributed by atoms with Gasteiger partial charge in [-0.3, -0.25) is 4.79 Å². The van der Waals surface area contributed by atoms with E-state index in [9.17, 15) is 4.79 Å². The van der Waals surface area contributed by atoms with Gasteiger partial charge in [-0.05, 0) is 38.8 Å². The van der Waals surface area contributed by atoms with Crippen LogP contribution in [0.4, 0.5) is 5.82 Å². The quantitative estimate of drug-likeness (QED) is 0.893. The van der Waals surface area contributed by atoms with Gasteiger partial charge in [0.1, 0.15) is 5.82 Å². The number of pyridine rings is 1. The highest BCUT2D eigenvalue weighted by molar-refractivity contribution is 5.81. The lowest BCUT2D eigenvalue weighted by Gasteiger charge is -2.34. The molecule has 0 aliphatic carbocycles. The van der Waals surface area contributed by atoms with Crippen molar-refractivity contribution < 1.29 is 4.79 Å². The molecule has 1 aliphatic heterocycles. The third kappa shape index (κ3) is 4.17. The summed E-state index contributed by atoms with van der Waals surface area (Å²) < 4.78 is 0. The van der Waals surface area contributed by atoms with Crippen LogP contribution in [0.15, 0.2) is 24.4 Å². The number of rotatable bonds is 5. The van der Waals surface area contributed by atoms with E-state index in [4.69, 9.17) is 0 Å². The fourth-order valence-corrected chi connectivity index (χ4v) is 2.73. The summed E-state index contributed by atoms with van der Waals surface area (Å²) in [5.41, 5.74) is 0. The number of likely N-dealkylation sites (N-methyl/N-ethyl adjacent to an activating group) is 1. The standard InChI is InChI=1S/C16H26N4O/c1-4-19(3)16(21)13(2)18-14-8-11-20(12-9-14)15-7-5-6-10-17-15/h5-7,10,13-14,18H,4,8-9,11-12H2,1-3H3. The van der Waals surface area contributed by atoms with Gasteiger partial charge in [0.25, 0.3) is 0 Å². The molecule has 1 aromatic rings. The van der Waals surface area contributed by atoms with Crippen LogP contribution in [-0.4, -0.2) is 54.6 Å². The van der Waals surface area contributed by atoms with Crippen molar-refractivity contribution in [2.45, 2.75) is 38.8 Å². The minimum Gasteiger partial charge on any atom is -0.357 e. The number of nitrogens with zero attached hydrogens (tertiary/aromatic N) is 3. The maximum Gasteiger partial charge on any atom is 0.239 e. The SMILES string of the molecule is CCN(C)C(=O)C(C)NC1CCN(c2ccccn2)CC1. The van der Waals surface area contributed by atoms with E-state index in [0.29, 0.717) is 6.04 Å². The van der Waals surface area contributed by atoms with E-state index >= 15 is 0 Å². The molecule has 1 saturated heterocycles. The van der Waals surface area contributed by atoms with E-state index in [-0.39, 0.29) is 11.9 Å². The van der Waals surface area contributed by atoms with Gasteiger partial charge in [0.05, 0.1) is 6.04 Å². The summed E-state index contributed by atoms with van der Waals surface area (Å²) in [6, 6.07) is 6.31. The van der Waals surface area contributed by atoms with Crippen molar-refractivity contribution in [1.29, 1.82) is 0 Å². The molecule has 21 heavy (non-hydrogen) atoms. The first kappa shape index (κ1) is 15.8. The molecule has 0 aromatic carbocycles. The molecule has 0 spiro atoms. The Balaban J connectivity index is 1.80. The first-order valence-electron chi connectivity index (χ1n) is 7.78. The van der Waals surface area contributed by atoms with Crippen molar-refractivity contribution in [3.63, 3.8) is 0 Å². The molecule has 0 saturated carbocycles. The number of nitrogens with one attached hydrogen (secondary N) is 1. The van der Waals surface area contributed by atoms with Crippen LogP contribution in [0.3, 0.4) is 0 Å². The normalized spacial score (nSPS) is 17.6. The van der Waals surface area contributed by atoms with Crippen molar-refractivity contribution in [1.82, 2.24) is 15.2 Å². The highest BCUT2D eigenvalue weighted by Crippen LogP contribution is 2.17. The summed E-state index contributed by atoms with van der Waals surface area (Å²) in [7, 11) is 1.85. The van der Waals surface area contributed by atoms with Crippen LogP contribution in [0, 0.1) is 0 Å². The molecule has 1 aromatic heterocycles. The van der Waals surface area contributed by atoms with Gasteiger partial charge in [0.2, 0.25) is 5.91 Å². The maximum atomic E-state index is 12.1. The Morgan fingerprint density at radius 3 is 2.76 bits per heavy atom. The molecule has 116 valence electrons. The first-order chi connectivity index (χ1) is 10.1. The lowest BCUT2D eigenvalue weighted by atomic mass is 10.0. The van der Waals surface area contributed by atoms with E-state index < -0.39 is 0 Å². The zero-order valence-corrected chi connectivity index (χ0v) is 13.2. The van der Waals surface area contributed by atoms with Crippen molar-refractivity contribution in [3.05, 3.63) is 24.4 Å². The number of piperidine rings is 1. The topological polar surface area (TPSA) is 48.5 Å². The molecule has 5 heteroatoms. The number of carbonyl (C=O) groups is 1. The Morgan fingerprint density at radius 2 is 2.19 bits per heavy atom. The van der Waals surface area contributed by atoms with Gasteiger partial charge in [0.15, 0.2) is 0 Å². The number of hydrogen-bond acceptors (Lipinski definition) is 4. The lowest BCUT2D eigenvalue weighted by Crippen LogP contribution is -2.50. The van der Waals surface area contributed by atoms with Crippen molar-refractivity contribution in [3.8, 4) is 0 Å². The van der Waals surface area contributed by atoms with E-state index in [2.05, 4.69) is 21.3 Å². The molecule has 1 N–H and O–H groups in total. The number of hydrogen-bond donors (Lipinski definition) is 1. The number of carbonyl (C=O) groups excluding carboxylic acids is 1. The van der Waals surface area contributed by atoms with Gasteiger partial charge in [-0.15, -0.1) is 0 Å². The summed E-state index contributed by atoms with van der Waals surface area (Å²) in [5.74, 6) is 1.22. The maximum absolute atomic E-state index is 12.1. The second-order valence-corrected chi connectivity index (χ2v) is 5.69. The van der Waals surface area contributed by atoms with Crippen LogP contribution in [0.25, 0.3) is 0 Å². The molecule has 0 radical (unpaired) electrons. The average molecular weight is 290 g/mol. The van der Waals surface area contributed by atoms with Crippen LogP contribution in [0.5, 0.6) is 0 Å². The molecule has 2 heterocycles. The molecule has 5 nitrogen and oxygen atoms in total. The van der Waals surface area contributed by atoms with Crippen LogP contribution < -0.4 is 10.2 Å². The second kappa shape index (κ2) is 7.41. The highest BCUT2D eigenvalue weighted by Gasteiger charge is 2.24. The van der Waals surface area contributed by atoms with Crippen LogP contribution in [-0.2, 0) is 4.79 Å². The summed E-state index contributed by atoms with van der Waals surface area (Å²) in [6.45, 7) is 6.68. The molecular weight excluding hydrogens is 264 g/mol. The number of anilines is 1. The molecular formula is C16H26N4O. The van der Waals surface area contributed by atoms with Gasteiger partial charge in [-0.2, -0.15) is 0 Å². The fraction of sp³-hybridized carbons (Fsp3) is 0.625. The van der Waals surface area contributed by atoms with Crippen LogP contribution >= 0.6 is 0 Å². The summed E-state index contributed by atoms with van der Waals surface area (Å²) in [6.07, 6.45) is 3.93. The zero-order valence-electron chi connectivity index (χ0n) is 13.2. The van der Waals surface area contributed by atoms with E-state index in [1.165, 1.54) is 0 Å². The Bertz CT molecular complexity index is 443. The summed E-state index contributed by atoms with van der Waals surface area (Å²) >= 11 is 0. The van der Waals surface area contributed by atoms with Crippen molar-refractivity contribution in [2.75, 3.05) is 31.6 Å². The first-order valence-corrected chi connectivity index (χ1v) is 7.78. The van der Waals surface area contributed by atoms with Crippen molar-refractivity contribution in [2.24, 2.45) is 0 Å². The Morgan fingerprint density at radius 1 is 1.48 bits per heavy atom. The van der Waals surface area contributed by atoms with E-state index in [1.54, 1.807) is 4.90 Å². The summed E-state index contributed by atoms with van der Waals surface area (Å²) in [4.78, 5) is 20.5. The van der Waals surface area contributed by atoms with Crippen LogP contribution in [0.1, 0.15) is 26.7 Å². The predicted molar refractivity (Wildman–Crippen MR) is 85.4 cm³/mol. The van der Waals surface area contributed by atoms with Crippen molar-refractivity contribution >= 4 is 11.7 Å².